The van der Waals surface area contributed by atoms with E-state index in [9.17, 15) is 4.79 Å². The molecular weight excluding hydrogens is 264 g/mol. The van der Waals surface area contributed by atoms with Crippen molar-refractivity contribution in [2.45, 2.75) is 25.2 Å². The van der Waals surface area contributed by atoms with E-state index in [0.29, 0.717) is 6.54 Å². The summed E-state index contributed by atoms with van der Waals surface area (Å²) < 4.78 is 0. The average molecular weight is 284 g/mol. The lowest BCUT2D eigenvalue weighted by Gasteiger charge is -2.25. The molecular formula is C16H20N4O. The number of carbonyl (C=O) groups excluding carboxylic acids is 1. The van der Waals surface area contributed by atoms with Crippen LogP contribution in [-0.4, -0.2) is 29.0 Å². The highest BCUT2D eigenvalue weighted by Gasteiger charge is 2.25. The molecule has 1 unspecified atom stereocenters. The number of hydrogen-bond donors (Lipinski definition) is 3. The zero-order chi connectivity index (χ0) is 14.5. The number of carbonyl (C=O) groups is 1. The Balaban J connectivity index is 1.52. The first-order chi connectivity index (χ1) is 10.3. The van der Waals surface area contributed by atoms with Crippen LogP contribution in [0.1, 0.15) is 30.1 Å². The number of amides is 1. The molecule has 0 radical (unpaired) electrons. The summed E-state index contributed by atoms with van der Waals surface area (Å²) in [5.74, 6) is 1.06. The van der Waals surface area contributed by atoms with Gasteiger partial charge >= 0.3 is 0 Å². The lowest BCUT2D eigenvalue weighted by Crippen LogP contribution is -2.33. The van der Waals surface area contributed by atoms with Gasteiger partial charge in [0.25, 0.3) is 0 Å². The molecule has 0 fully saturated rings. The Hall–Kier alpha value is -2.30. The molecule has 1 atom stereocenters. The van der Waals surface area contributed by atoms with Crippen molar-refractivity contribution in [3.8, 4) is 0 Å². The topological polar surface area (TPSA) is 69.8 Å². The molecule has 0 aliphatic carbocycles. The van der Waals surface area contributed by atoms with E-state index in [1.54, 1.807) is 6.20 Å². The molecule has 5 heteroatoms. The molecule has 1 aliphatic rings. The van der Waals surface area contributed by atoms with Crippen molar-refractivity contribution >= 4 is 11.6 Å². The predicted octanol–water partition coefficient (Wildman–Crippen LogP) is 2.06. The minimum Gasteiger partial charge on any atom is -0.385 e. The molecule has 0 spiro atoms. The van der Waals surface area contributed by atoms with E-state index < -0.39 is 0 Å². The van der Waals surface area contributed by atoms with E-state index in [1.807, 2.05) is 30.5 Å². The minimum atomic E-state index is -0.0361. The number of imidazole rings is 1. The molecule has 1 aromatic carbocycles. The van der Waals surface area contributed by atoms with Gasteiger partial charge < -0.3 is 15.6 Å². The lowest BCUT2D eigenvalue weighted by atomic mass is 9.90. The number of aromatic amines is 1. The number of aromatic nitrogens is 2. The van der Waals surface area contributed by atoms with Gasteiger partial charge in [0.1, 0.15) is 5.82 Å². The van der Waals surface area contributed by atoms with Gasteiger partial charge in [0.2, 0.25) is 5.91 Å². The van der Waals surface area contributed by atoms with Crippen molar-refractivity contribution in [2.24, 2.45) is 0 Å². The molecule has 2 aromatic rings. The summed E-state index contributed by atoms with van der Waals surface area (Å²) in [6.45, 7) is 1.53. The minimum absolute atomic E-state index is 0.0361. The van der Waals surface area contributed by atoms with Crippen molar-refractivity contribution in [3.63, 3.8) is 0 Å². The highest BCUT2D eigenvalue weighted by atomic mass is 16.1. The standard InChI is InChI=1S/C16H20N4O/c21-16(20-8-3-6-15-18-10-11-19-15)13-7-9-17-14-5-2-1-4-12(13)14/h1-2,4-5,10-11,13,17H,3,6-9H2,(H,18,19)(H,20,21). The smallest absolute Gasteiger partial charge is 0.227 e. The van der Waals surface area contributed by atoms with Crippen LogP contribution in [0.4, 0.5) is 5.69 Å². The van der Waals surface area contributed by atoms with E-state index in [2.05, 4.69) is 20.6 Å². The second-order valence-corrected chi connectivity index (χ2v) is 5.29. The van der Waals surface area contributed by atoms with Crippen LogP contribution in [0.3, 0.4) is 0 Å². The molecule has 5 nitrogen and oxygen atoms in total. The Bertz CT molecular complexity index is 594. The van der Waals surface area contributed by atoms with E-state index in [1.165, 1.54) is 0 Å². The molecule has 3 rings (SSSR count). The first-order valence-corrected chi connectivity index (χ1v) is 7.43. The zero-order valence-corrected chi connectivity index (χ0v) is 11.9. The highest BCUT2D eigenvalue weighted by Crippen LogP contribution is 2.31. The molecule has 2 heterocycles. The maximum atomic E-state index is 12.4. The Labute approximate surface area is 124 Å². The molecule has 0 bridgehead atoms. The molecule has 110 valence electrons. The molecule has 1 aliphatic heterocycles. The fraction of sp³-hybridized carbons (Fsp3) is 0.375. The highest BCUT2D eigenvalue weighted by molar-refractivity contribution is 5.86. The SMILES string of the molecule is O=C(NCCCc1ncc[nH]1)C1CCNc2ccccc21. The van der Waals surface area contributed by atoms with Crippen LogP contribution in [0, 0.1) is 0 Å². The zero-order valence-electron chi connectivity index (χ0n) is 11.9. The summed E-state index contributed by atoms with van der Waals surface area (Å²) in [6, 6.07) is 8.05. The van der Waals surface area contributed by atoms with Crippen LogP contribution in [0.2, 0.25) is 0 Å². The fourth-order valence-electron chi connectivity index (χ4n) is 2.77. The second-order valence-electron chi connectivity index (χ2n) is 5.29. The summed E-state index contributed by atoms with van der Waals surface area (Å²) in [6.07, 6.45) is 6.17. The molecule has 0 saturated carbocycles. The number of benzene rings is 1. The number of fused-ring (bicyclic) bond motifs is 1. The third-order valence-corrected chi connectivity index (χ3v) is 3.85. The van der Waals surface area contributed by atoms with Gasteiger partial charge in [-0.15, -0.1) is 0 Å². The number of para-hydroxylation sites is 1. The van der Waals surface area contributed by atoms with Crippen LogP contribution < -0.4 is 10.6 Å². The Kier molecular flexibility index (Phi) is 4.19. The van der Waals surface area contributed by atoms with E-state index in [-0.39, 0.29) is 11.8 Å². The quantitative estimate of drug-likeness (QED) is 0.736. The molecule has 1 amide bonds. The van der Waals surface area contributed by atoms with Crippen LogP contribution >= 0.6 is 0 Å². The Morgan fingerprint density at radius 3 is 3.14 bits per heavy atom. The second kappa shape index (κ2) is 6.43. The van der Waals surface area contributed by atoms with Gasteiger partial charge in [0.05, 0.1) is 5.92 Å². The average Bonchev–Trinajstić information content (AvgIpc) is 3.04. The summed E-state index contributed by atoms with van der Waals surface area (Å²) in [7, 11) is 0. The van der Waals surface area contributed by atoms with Gasteiger partial charge in [-0.25, -0.2) is 4.98 Å². The van der Waals surface area contributed by atoms with E-state index in [4.69, 9.17) is 0 Å². The number of nitrogens with one attached hydrogen (secondary N) is 3. The van der Waals surface area contributed by atoms with E-state index in [0.717, 1.165) is 42.9 Å². The maximum absolute atomic E-state index is 12.4. The van der Waals surface area contributed by atoms with Gasteiger partial charge in [-0.3, -0.25) is 4.79 Å². The number of aryl methyl sites for hydroxylation is 1. The first-order valence-electron chi connectivity index (χ1n) is 7.43. The normalized spacial score (nSPS) is 16.9. The van der Waals surface area contributed by atoms with Crippen molar-refractivity contribution < 1.29 is 4.79 Å². The summed E-state index contributed by atoms with van der Waals surface area (Å²) >= 11 is 0. The largest absolute Gasteiger partial charge is 0.385 e. The molecule has 3 N–H and O–H groups in total. The van der Waals surface area contributed by atoms with E-state index >= 15 is 0 Å². The number of rotatable bonds is 5. The van der Waals surface area contributed by atoms with Crippen LogP contribution in [0.25, 0.3) is 0 Å². The fourth-order valence-corrected chi connectivity index (χ4v) is 2.77. The van der Waals surface area contributed by atoms with Gasteiger partial charge in [-0.1, -0.05) is 18.2 Å². The summed E-state index contributed by atoms with van der Waals surface area (Å²) in [5, 5.41) is 6.39. The predicted molar refractivity (Wildman–Crippen MR) is 82.2 cm³/mol. The first kappa shape index (κ1) is 13.7. The maximum Gasteiger partial charge on any atom is 0.227 e. The number of H-pyrrole nitrogens is 1. The number of nitrogens with zero attached hydrogens (tertiary/aromatic N) is 1. The van der Waals surface area contributed by atoms with Gasteiger partial charge in [0.15, 0.2) is 0 Å². The third kappa shape index (κ3) is 3.24. The monoisotopic (exact) mass is 284 g/mol. The van der Waals surface area contributed by atoms with Crippen LogP contribution in [-0.2, 0) is 11.2 Å². The van der Waals surface area contributed by atoms with Gasteiger partial charge in [-0.05, 0) is 24.5 Å². The molecule has 21 heavy (non-hydrogen) atoms. The van der Waals surface area contributed by atoms with Crippen molar-refractivity contribution in [1.29, 1.82) is 0 Å². The van der Waals surface area contributed by atoms with Crippen molar-refractivity contribution in [2.75, 3.05) is 18.4 Å². The van der Waals surface area contributed by atoms with Crippen molar-refractivity contribution in [3.05, 3.63) is 48.0 Å². The third-order valence-electron chi connectivity index (χ3n) is 3.85. The van der Waals surface area contributed by atoms with Gasteiger partial charge in [-0.2, -0.15) is 0 Å². The van der Waals surface area contributed by atoms with Crippen LogP contribution in [0.15, 0.2) is 36.7 Å². The number of hydrogen-bond acceptors (Lipinski definition) is 3. The lowest BCUT2D eigenvalue weighted by molar-refractivity contribution is -0.122. The summed E-state index contributed by atoms with van der Waals surface area (Å²) in [4.78, 5) is 19.6. The number of anilines is 1. The summed E-state index contributed by atoms with van der Waals surface area (Å²) in [5.41, 5.74) is 2.19. The van der Waals surface area contributed by atoms with Gasteiger partial charge in [0, 0.05) is 37.6 Å². The molecule has 1 aromatic heterocycles. The Morgan fingerprint density at radius 2 is 2.29 bits per heavy atom. The van der Waals surface area contributed by atoms with Crippen molar-refractivity contribution in [1.82, 2.24) is 15.3 Å². The Morgan fingerprint density at radius 1 is 1.38 bits per heavy atom. The van der Waals surface area contributed by atoms with Crippen LogP contribution in [0.5, 0.6) is 0 Å². The molecule has 0 saturated heterocycles.